The van der Waals surface area contributed by atoms with Gasteiger partial charge < -0.3 is 4.74 Å². The predicted molar refractivity (Wildman–Crippen MR) is 134 cm³/mol. The average Bonchev–Trinajstić information content (AvgIpc) is 3.60. The Morgan fingerprint density at radius 3 is 2.73 bits per heavy atom. The van der Waals surface area contributed by atoms with Crippen LogP contribution in [0.5, 0.6) is 0 Å². The Hall–Kier alpha value is -4.16. The number of hydrogen-bond acceptors (Lipinski definition) is 7. The van der Waals surface area contributed by atoms with Gasteiger partial charge in [-0.25, -0.2) is 4.90 Å². The topological polar surface area (TPSA) is 114 Å². The quantitative estimate of drug-likeness (QED) is 0.399. The minimum atomic E-state index is -0.753. The van der Waals surface area contributed by atoms with E-state index in [-0.39, 0.29) is 11.8 Å². The molecule has 2 aromatic carbocycles. The van der Waals surface area contributed by atoms with Crippen molar-refractivity contribution in [1.29, 1.82) is 5.26 Å². The number of ether oxygens (including phenoxy) is 1. The highest BCUT2D eigenvalue weighted by Gasteiger charge is 2.73. The first-order valence-corrected chi connectivity index (χ1v) is 12.5. The summed E-state index contributed by atoms with van der Waals surface area (Å²) in [5, 5.41) is 19.3. The molecular weight excluding hydrogens is 468 g/mol. The number of nitriles is 1. The molecule has 3 aliphatic rings. The van der Waals surface area contributed by atoms with E-state index in [1.165, 1.54) is 4.90 Å². The van der Waals surface area contributed by atoms with E-state index >= 15 is 0 Å². The van der Waals surface area contributed by atoms with Crippen molar-refractivity contribution in [3.8, 4) is 6.07 Å². The van der Waals surface area contributed by atoms with Crippen LogP contribution in [-0.4, -0.2) is 43.0 Å². The molecule has 9 heteroatoms. The zero-order chi connectivity index (χ0) is 25.5. The fourth-order valence-corrected chi connectivity index (χ4v) is 6.75. The number of anilines is 1. The van der Waals surface area contributed by atoms with Crippen LogP contribution >= 0.6 is 0 Å². The lowest BCUT2D eigenvalue weighted by atomic mass is 9.67. The molecule has 5 heterocycles. The number of carbonyl (C=O) groups is 2. The number of amides is 2. The summed E-state index contributed by atoms with van der Waals surface area (Å²) < 4.78 is 6.59. The largest absolute Gasteiger partial charge is 0.367 e. The van der Waals surface area contributed by atoms with E-state index in [4.69, 9.17) is 4.74 Å². The molecule has 37 heavy (non-hydrogen) atoms. The van der Waals surface area contributed by atoms with Crippen molar-refractivity contribution in [2.24, 2.45) is 11.8 Å². The van der Waals surface area contributed by atoms with Gasteiger partial charge in [0.05, 0.1) is 46.4 Å². The molecule has 0 N–H and O–H groups in total. The highest BCUT2D eigenvalue weighted by atomic mass is 16.5. The Morgan fingerprint density at radius 1 is 1.08 bits per heavy atom. The Kier molecular flexibility index (Phi) is 4.43. The third-order valence-electron chi connectivity index (χ3n) is 8.43. The normalized spacial score (nSPS) is 28.4. The third kappa shape index (κ3) is 2.96. The fraction of sp³-hybridized carbons (Fsp3) is 0.357. The molecule has 0 spiro atoms. The molecule has 0 aliphatic carbocycles. The van der Waals surface area contributed by atoms with Crippen LogP contribution in [-0.2, 0) is 20.9 Å². The molecule has 2 amide bonds. The van der Waals surface area contributed by atoms with Gasteiger partial charge in [0.2, 0.25) is 11.8 Å². The van der Waals surface area contributed by atoms with Crippen molar-refractivity contribution in [3.63, 3.8) is 0 Å². The fourth-order valence-electron chi connectivity index (χ4n) is 6.75. The van der Waals surface area contributed by atoms with E-state index in [1.807, 2.05) is 32.0 Å². The predicted octanol–water partition coefficient (Wildman–Crippen LogP) is 3.68. The first-order chi connectivity index (χ1) is 17.8. The lowest BCUT2D eigenvalue weighted by Crippen LogP contribution is -2.43. The van der Waals surface area contributed by atoms with Gasteiger partial charge >= 0.3 is 0 Å². The molecule has 2 aromatic heterocycles. The second-order valence-corrected chi connectivity index (χ2v) is 10.6. The number of benzene rings is 2. The van der Waals surface area contributed by atoms with Gasteiger partial charge in [0, 0.05) is 11.6 Å². The number of pyridine rings is 1. The summed E-state index contributed by atoms with van der Waals surface area (Å²) >= 11 is 0. The monoisotopic (exact) mass is 492 g/mol. The van der Waals surface area contributed by atoms with Gasteiger partial charge in [-0.05, 0) is 75.1 Å². The van der Waals surface area contributed by atoms with Crippen molar-refractivity contribution in [2.75, 3.05) is 4.90 Å². The first kappa shape index (κ1) is 22.1. The van der Waals surface area contributed by atoms with Gasteiger partial charge in [-0.3, -0.25) is 14.6 Å². The number of hydrogen-bond donors (Lipinski definition) is 0. The maximum absolute atomic E-state index is 14.0. The van der Waals surface area contributed by atoms with Crippen molar-refractivity contribution in [3.05, 3.63) is 59.8 Å². The van der Waals surface area contributed by atoms with Crippen molar-refractivity contribution in [1.82, 2.24) is 20.0 Å². The summed E-state index contributed by atoms with van der Waals surface area (Å²) in [6.45, 7) is 4.46. The second kappa shape index (κ2) is 7.43. The molecule has 7 rings (SSSR count). The minimum absolute atomic E-state index is 0.243. The van der Waals surface area contributed by atoms with Crippen LogP contribution in [0.2, 0.25) is 0 Å². The molecule has 2 unspecified atom stereocenters. The number of fused-ring (bicyclic) bond motifs is 7. The van der Waals surface area contributed by atoms with Crippen molar-refractivity contribution < 1.29 is 14.3 Å². The molecule has 4 aromatic rings. The van der Waals surface area contributed by atoms with E-state index < -0.39 is 23.0 Å². The summed E-state index contributed by atoms with van der Waals surface area (Å²) in [6.07, 6.45) is 3.55. The summed E-state index contributed by atoms with van der Waals surface area (Å²) in [5.74, 6) is -1.62. The molecule has 2 bridgehead atoms. The highest BCUT2D eigenvalue weighted by molar-refractivity contribution is 6.26. The highest BCUT2D eigenvalue weighted by Crippen LogP contribution is 2.62. The zero-order valence-corrected chi connectivity index (χ0v) is 20.5. The molecule has 3 aliphatic heterocycles. The summed E-state index contributed by atoms with van der Waals surface area (Å²) in [7, 11) is 0. The van der Waals surface area contributed by atoms with E-state index in [0.29, 0.717) is 48.0 Å². The third-order valence-corrected chi connectivity index (χ3v) is 8.43. The van der Waals surface area contributed by atoms with Crippen LogP contribution in [0.25, 0.3) is 21.9 Å². The number of carbonyl (C=O) groups excluding carboxylic acids is 2. The Balaban J connectivity index is 1.25. The molecule has 3 fully saturated rings. The standard InChI is InChI=1S/C28H24N6O3/c1-16-5-7-19-20(14-16)32-33(31-19)13-11-28-10-9-27(2,37-28)22-23(28)26(36)34(25(22)35)21-8-6-17(15-29)24-18(21)4-3-12-30-24/h3-8,12,14,22-23H,9-11,13H2,1-2H3/t22-,23+,27?,28?/m1/s1. The van der Waals surface area contributed by atoms with Crippen molar-refractivity contribution in [2.45, 2.75) is 50.9 Å². The first-order valence-electron chi connectivity index (χ1n) is 12.5. The second-order valence-electron chi connectivity index (χ2n) is 10.6. The van der Waals surface area contributed by atoms with Gasteiger partial charge in [0.15, 0.2) is 0 Å². The maximum atomic E-state index is 14.0. The van der Waals surface area contributed by atoms with E-state index in [0.717, 1.165) is 16.6 Å². The minimum Gasteiger partial charge on any atom is -0.367 e. The van der Waals surface area contributed by atoms with Crippen LogP contribution in [0.1, 0.15) is 37.3 Å². The van der Waals surface area contributed by atoms with Crippen molar-refractivity contribution >= 4 is 39.4 Å². The van der Waals surface area contributed by atoms with Gasteiger partial charge in [-0.1, -0.05) is 6.07 Å². The SMILES string of the molecule is Cc1ccc2nn(CCC34CCC(C)(O3)[C@H]3C(=O)N(c5ccc(C#N)c6ncccc56)C(=O)[C@H]34)nc2c1. The Bertz CT molecular complexity index is 1690. The summed E-state index contributed by atoms with van der Waals surface area (Å²) in [4.78, 5) is 35.2. The molecule has 3 saturated heterocycles. The van der Waals surface area contributed by atoms with Crippen LogP contribution in [0, 0.1) is 30.1 Å². The van der Waals surface area contributed by atoms with Crippen LogP contribution < -0.4 is 4.90 Å². The number of nitrogens with zero attached hydrogens (tertiary/aromatic N) is 6. The zero-order valence-electron chi connectivity index (χ0n) is 20.5. The lowest BCUT2D eigenvalue weighted by Gasteiger charge is -2.31. The van der Waals surface area contributed by atoms with Gasteiger partial charge in [-0.15, -0.1) is 0 Å². The molecular formula is C28H24N6O3. The molecule has 0 radical (unpaired) electrons. The van der Waals surface area contributed by atoms with Gasteiger partial charge in [-0.2, -0.15) is 20.3 Å². The Morgan fingerprint density at radius 2 is 1.89 bits per heavy atom. The lowest BCUT2D eigenvalue weighted by molar-refractivity contribution is -0.131. The number of aromatic nitrogens is 4. The van der Waals surface area contributed by atoms with Gasteiger partial charge in [0.25, 0.3) is 0 Å². The molecule has 4 atom stereocenters. The number of aryl methyl sites for hydroxylation is 2. The van der Waals surface area contributed by atoms with Gasteiger partial charge in [0.1, 0.15) is 17.1 Å². The number of rotatable bonds is 4. The average molecular weight is 493 g/mol. The summed E-state index contributed by atoms with van der Waals surface area (Å²) in [6, 6.07) is 15.0. The smallest absolute Gasteiger partial charge is 0.240 e. The summed E-state index contributed by atoms with van der Waals surface area (Å²) in [5.41, 5.74) is 2.67. The number of imide groups is 1. The van der Waals surface area contributed by atoms with Crippen LogP contribution in [0.4, 0.5) is 5.69 Å². The van der Waals surface area contributed by atoms with Crippen LogP contribution in [0.3, 0.4) is 0 Å². The van der Waals surface area contributed by atoms with E-state index in [9.17, 15) is 14.9 Å². The molecule has 184 valence electrons. The molecule has 9 nitrogen and oxygen atoms in total. The maximum Gasteiger partial charge on any atom is 0.240 e. The molecule has 0 saturated carbocycles. The van der Waals surface area contributed by atoms with Crippen LogP contribution in [0.15, 0.2) is 48.7 Å². The van der Waals surface area contributed by atoms with E-state index in [2.05, 4.69) is 21.3 Å². The van der Waals surface area contributed by atoms with E-state index in [1.54, 1.807) is 35.3 Å². The Labute approximate surface area is 212 Å².